The predicted octanol–water partition coefficient (Wildman–Crippen LogP) is 1.12. The predicted molar refractivity (Wildman–Crippen MR) is 65.3 cm³/mol. The maximum Gasteiger partial charge on any atom is 0.405 e. The minimum atomic E-state index is -4.58. The van der Waals surface area contributed by atoms with Crippen molar-refractivity contribution in [2.24, 2.45) is 0 Å². The lowest BCUT2D eigenvalue weighted by molar-refractivity contribution is -0.138. The molecule has 0 fully saturated rings. The van der Waals surface area contributed by atoms with Crippen molar-refractivity contribution in [3.63, 3.8) is 0 Å². The van der Waals surface area contributed by atoms with Gasteiger partial charge in [-0.25, -0.2) is 12.8 Å². The number of rotatable bonds is 5. The van der Waals surface area contributed by atoms with Crippen LogP contribution in [0.1, 0.15) is 0 Å². The second-order valence-corrected chi connectivity index (χ2v) is 6.15. The number of amides is 1. The fourth-order valence-electron chi connectivity index (χ4n) is 1.33. The summed E-state index contributed by atoms with van der Waals surface area (Å²) in [5, 5.41) is 1.56. The van der Waals surface area contributed by atoms with Crippen LogP contribution in [-0.4, -0.2) is 44.9 Å². The number of sulfonamides is 1. The molecule has 0 aliphatic rings. The zero-order chi connectivity index (χ0) is 16.3. The summed E-state index contributed by atoms with van der Waals surface area (Å²) in [5.41, 5.74) is 0. The maximum atomic E-state index is 12.7. The van der Waals surface area contributed by atoms with Crippen LogP contribution in [0, 0.1) is 5.82 Å². The van der Waals surface area contributed by atoms with Gasteiger partial charge in [0.25, 0.3) is 0 Å². The fourth-order valence-corrected chi connectivity index (χ4v) is 2.46. The zero-order valence-electron chi connectivity index (χ0n) is 10.8. The third kappa shape index (κ3) is 5.31. The van der Waals surface area contributed by atoms with Crippen molar-refractivity contribution < 1.29 is 30.8 Å². The van der Waals surface area contributed by atoms with Crippen LogP contribution < -0.4 is 5.32 Å². The van der Waals surface area contributed by atoms with Gasteiger partial charge in [0.15, 0.2) is 0 Å². The second kappa shape index (κ2) is 6.39. The Morgan fingerprint density at radius 1 is 1.24 bits per heavy atom. The zero-order valence-corrected chi connectivity index (χ0v) is 11.6. The molecular formula is C11H12F4N2O3S. The van der Waals surface area contributed by atoms with E-state index >= 15 is 0 Å². The lowest BCUT2D eigenvalue weighted by Gasteiger charge is -2.17. The van der Waals surface area contributed by atoms with Gasteiger partial charge in [0.05, 0.1) is 11.4 Å². The molecule has 0 aliphatic carbocycles. The van der Waals surface area contributed by atoms with Crippen LogP contribution in [0.4, 0.5) is 17.6 Å². The lowest BCUT2D eigenvalue weighted by Crippen LogP contribution is -2.41. The first-order chi connectivity index (χ1) is 9.52. The van der Waals surface area contributed by atoms with E-state index < -0.39 is 41.0 Å². The standard InChI is InChI=1S/C11H12F4N2O3S/c1-17(6-10(18)16-7-11(13,14)15)21(19,20)9-4-2-8(12)3-5-9/h2-5H,6-7H2,1H3,(H,16,18). The molecule has 0 radical (unpaired) electrons. The summed E-state index contributed by atoms with van der Waals surface area (Å²) in [6.45, 7) is -2.33. The van der Waals surface area contributed by atoms with Crippen LogP contribution in [0.25, 0.3) is 0 Å². The Labute approximate surface area is 118 Å². The van der Waals surface area contributed by atoms with Gasteiger partial charge < -0.3 is 5.32 Å². The van der Waals surface area contributed by atoms with Gasteiger partial charge in [-0.15, -0.1) is 0 Å². The van der Waals surface area contributed by atoms with Crippen LogP contribution in [0.5, 0.6) is 0 Å². The quantitative estimate of drug-likeness (QED) is 0.824. The molecule has 0 unspecified atom stereocenters. The van der Waals surface area contributed by atoms with Crippen LogP contribution >= 0.6 is 0 Å². The number of benzene rings is 1. The molecule has 0 atom stereocenters. The number of likely N-dealkylation sites (N-methyl/N-ethyl adjacent to an activating group) is 1. The van der Waals surface area contributed by atoms with Gasteiger partial charge in [-0.05, 0) is 24.3 Å². The molecule has 1 rings (SSSR count). The maximum absolute atomic E-state index is 12.7. The van der Waals surface area contributed by atoms with Crippen molar-refractivity contribution in [2.45, 2.75) is 11.1 Å². The van der Waals surface area contributed by atoms with Gasteiger partial charge in [-0.3, -0.25) is 4.79 Å². The number of carbonyl (C=O) groups excluding carboxylic acids is 1. The molecule has 0 bridgehead atoms. The lowest BCUT2D eigenvalue weighted by atomic mass is 10.4. The molecule has 0 heterocycles. The molecule has 0 aliphatic heterocycles. The van der Waals surface area contributed by atoms with Gasteiger partial charge in [-0.2, -0.15) is 17.5 Å². The van der Waals surface area contributed by atoms with E-state index in [9.17, 15) is 30.8 Å². The van der Waals surface area contributed by atoms with E-state index in [0.717, 1.165) is 31.3 Å². The average molecular weight is 328 g/mol. The molecule has 1 aromatic rings. The highest BCUT2D eigenvalue weighted by molar-refractivity contribution is 7.89. The van der Waals surface area contributed by atoms with Crippen LogP contribution in [0.2, 0.25) is 0 Å². The number of hydrogen-bond acceptors (Lipinski definition) is 3. The van der Waals surface area contributed by atoms with Crippen molar-refractivity contribution in [1.29, 1.82) is 0 Å². The molecule has 0 saturated carbocycles. The Morgan fingerprint density at radius 3 is 2.24 bits per heavy atom. The molecule has 0 spiro atoms. The summed E-state index contributed by atoms with van der Waals surface area (Å²) in [7, 11) is -3.05. The van der Waals surface area contributed by atoms with E-state index in [1.165, 1.54) is 0 Å². The van der Waals surface area contributed by atoms with Gasteiger partial charge in [0.2, 0.25) is 15.9 Å². The van der Waals surface area contributed by atoms with Crippen LogP contribution in [0.15, 0.2) is 29.2 Å². The van der Waals surface area contributed by atoms with Crippen molar-refractivity contribution in [2.75, 3.05) is 20.1 Å². The largest absolute Gasteiger partial charge is 0.405 e. The number of hydrogen-bond donors (Lipinski definition) is 1. The van der Waals surface area contributed by atoms with E-state index in [-0.39, 0.29) is 4.90 Å². The molecule has 0 aromatic heterocycles. The average Bonchev–Trinajstić information content (AvgIpc) is 2.36. The second-order valence-electron chi connectivity index (χ2n) is 4.11. The highest BCUT2D eigenvalue weighted by Gasteiger charge is 2.29. The number of alkyl halides is 3. The molecule has 5 nitrogen and oxygen atoms in total. The number of nitrogens with zero attached hydrogens (tertiary/aromatic N) is 1. The summed E-state index contributed by atoms with van der Waals surface area (Å²) < 4.78 is 73.0. The highest BCUT2D eigenvalue weighted by Crippen LogP contribution is 2.15. The highest BCUT2D eigenvalue weighted by atomic mass is 32.2. The molecule has 1 aromatic carbocycles. The minimum Gasteiger partial charge on any atom is -0.346 e. The van der Waals surface area contributed by atoms with Gasteiger partial charge in [-0.1, -0.05) is 0 Å². The van der Waals surface area contributed by atoms with E-state index in [1.54, 1.807) is 5.32 Å². The Hall–Kier alpha value is -1.68. The fraction of sp³-hybridized carbons (Fsp3) is 0.364. The van der Waals surface area contributed by atoms with Gasteiger partial charge >= 0.3 is 6.18 Å². The molecule has 10 heteroatoms. The van der Waals surface area contributed by atoms with Gasteiger partial charge in [0.1, 0.15) is 12.4 Å². The minimum absolute atomic E-state index is 0.268. The Bertz CT molecular complexity index is 599. The first-order valence-electron chi connectivity index (χ1n) is 5.58. The van der Waals surface area contributed by atoms with E-state index in [4.69, 9.17) is 0 Å². The van der Waals surface area contributed by atoms with Crippen molar-refractivity contribution >= 4 is 15.9 Å². The van der Waals surface area contributed by atoms with Crippen molar-refractivity contribution in [3.05, 3.63) is 30.1 Å². The Kier molecular flexibility index (Phi) is 5.29. The third-order valence-electron chi connectivity index (χ3n) is 2.37. The molecular weight excluding hydrogens is 316 g/mol. The number of carbonyl (C=O) groups is 1. The summed E-state index contributed by atoms with van der Waals surface area (Å²) in [4.78, 5) is 11.0. The summed E-state index contributed by atoms with van der Waals surface area (Å²) in [6.07, 6.45) is -4.58. The molecule has 0 saturated heterocycles. The number of nitrogens with one attached hydrogen (secondary N) is 1. The van der Waals surface area contributed by atoms with E-state index in [2.05, 4.69) is 0 Å². The van der Waals surface area contributed by atoms with E-state index in [0.29, 0.717) is 4.31 Å². The van der Waals surface area contributed by atoms with Crippen LogP contribution in [-0.2, 0) is 14.8 Å². The third-order valence-corrected chi connectivity index (χ3v) is 4.19. The smallest absolute Gasteiger partial charge is 0.346 e. The van der Waals surface area contributed by atoms with Gasteiger partial charge in [0, 0.05) is 7.05 Å². The monoisotopic (exact) mass is 328 g/mol. The van der Waals surface area contributed by atoms with Crippen molar-refractivity contribution in [1.82, 2.24) is 9.62 Å². The normalized spacial score (nSPS) is 12.5. The molecule has 21 heavy (non-hydrogen) atoms. The van der Waals surface area contributed by atoms with E-state index in [1.807, 2.05) is 0 Å². The molecule has 118 valence electrons. The molecule has 1 N–H and O–H groups in total. The van der Waals surface area contributed by atoms with Crippen LogP contribution in [0.3, 0.4) is 0 Å². The Morgan fingerprint density at radius 2 is 1.76 bits per heavy atom. The summed E-state index contributed by atoms with van der Waals surface area (Å²) in [5.74, 6) is -1.74. The Balaban J connectivity index is 2.72. The SMILES string of the molecule is CN(CC(=O)NCC(F)(F)F)S(=O)(=O)c1ccc(F)cc1. The first kappa shape index (κ1) is 17.4. The van der Waals surface area contributed by atoms with Crippen molar-refractivity contribution in [3.8, 4) is 0 Å². The number of halogens is 4. The summed E-state index contributed by atoms with van der Waals surface area (Å²) >= 11 is 0. The first-order valence-corrected chi connectivity index (χ1v) is 7.02. The summed E-state index contributed by atoms with van der Waals surface area (Å²) in [6, 6.07) is 3.83. The molecule has 1 amide bonds. The topological polar surface area (TPSA) is 66.5 Å².